The molecule has 0 atom stereocenters. The standard InChI is InChI=1S/C19H16F3N3O/c1-12-6-7-14(17(10-12)26-11-19(20,21)22)15-4-3-5-16(25-15)18-23-9-8-13(2)24-18/h3-10H,11H2,1-2H3. The van der Waals surface area contributed by atoms with Gasteiger partial charge >= 0.3 is 6.18 Å². The molecule has 0 aliphatic carbocycles. The van der Waals surface area contributed by atoms with E-state index in [1.807, 2.05) is 6.92 Å². The Morgan fingerprint density at radius 1 is 0.962 bits per heavy atom. The van der Waals surface area contributed by atoms with Crippen LogP contribution in [0.15, 0.2) is 48.7 Å². The first-order valence-corrected chi connectivity index (χ1v) is 7.89. The molecule has 0 aliphatic heterocycles. The molecule has 0 radical (unpaired) electrons. The van der Waals surface area contributed by atoms with Crippen molar-refractivity contribution in [2.45, 2.75) is 20.0 Å². The lowest BCUT2D eigenvalue weighted by Gasteiger charge is -2.14. The molecule has 2 aromatic heterocycles. The van der Waals surface area contributed by atoms with E-state index < -0.39 is 12.8 Å². The zero-order valence-corrected chi connectivity index (χ0v) is 14.2. The van der Waals surface area contributed by atoms with Gasteiger partial charge in [-0.05, 0) is 49.7 Å². The van der Waals surface area contributed by atoms with E-state index in [9.17, 15) is 13.2 Å². The Labute approximate surface area is 148 Å². The van der Waals surface area contributed by atoms with Crippen LogP contribution in [0.2, 0.25) is 0 Å². The second-order valence-corrected chi connectivity index (χ2v) is 5.83. The number of aromatic nitrogens is 3. The summed E-state index contributed by atoms with van der Waals surface area (Å²) in [5.74, 6) is 0.592. The number of benzene rings is 1. The summed E-state index contributed by atoms with van der Waals surface area (Å²) in [5.41, 5.74) is 3.10. The van der Waals surface area contributed by atoms with Gasteiger partial charge in [-0.1, -0.05) is 12.1 Å². The summed E-state index contributed by atoms with van der Waals surface area (Å²) in [7, 11) is 0. The van der Waals surface area contributed by atoms with Gasteiger partial charge in [-0.25, -0.2) is 15.0 Å². The van der Waals surface area contributed by atoms with E-state index in [0.29, 0.717) is 22.8 Å². The molecule has 0 spiro atoms. The molecule has 0 aliphatic rings. The van der Waals surface area contributed by atoms with Crippen LogP contribution in [0, 0.1) is 13.8 Å². The average Bonchev–Trinajstić information content (AvgIpc) is 2.59. The minimum Gasteiger partial charge on any atom is -0.483 e. The first-order valence-electron chi connectivity index (χ1n) is 7.89. The fraction of sp³-hybridized carbons (Fsp3) is 0.211. The Hall–Kier alpha value is -2.96. The highest BCUT2D eigenvalue weighted by atomic mass is 19.4. The highest BCUT2D eigenvalue weighted by Crippen LogP contribution is 2.32. The minimum absolute atomic E-state index is 0.136. The van der Waals surface area contributed by atoms with Gasteiger partial charge in [0.05, 0.1) is 5.69 Å². The summed E-state index contributed by atoms with van der Waals surface area (Å²) in [6.07, 6.45) is -2.78. The van der Waals surface area contributed by atoms with Crippen molar-refractivity contribution in [1.29, 1.82) is 0 Å². The monoisotopic (exact) mass is 359 g/mol. The second-order valence-electron chi connectivity index (χ2n) is 5.83. The first-order chi connectivity index (χ1) is 12.3. The molecule has 26 heavy (non-hydrogen) atoms. The molecule has 0 saturated heterocycles. The Kier molecular flexibility index (Phi) is 4.88. The molecule has 0 bridgehead atoms. The van der Waals surface area contributed by atoms with E-state index in [2.05, 4.69) is 15.0 Å². The zero-order valence-electron chi connectivity index (χ0n) is 14.2. The summed E-state index contributed by atoms with van der Waals surface area (Å²) in [6.45, 7) is 2.27. The van der Waals surface area contributed by atoms with Gasteiger partial charge < -0.3 is 4.74 Å². The largest absolute Gasteiger partial charge is 0.483 e. The number of pyridine rings is 1. The quantitative estimate of drug-likeness (QED) is 0.674. The van der Waals surface area contributed by atoms with Crippen LogP contribution < -0.4 is 4.74 Å². The number of halogens is 3. The average molecular weight is 359 g/mol. The van der Waals surface area contributed by atoms with Crippen molar-refractivity contribution in [2.75, 3.05) is 6.61 Å². The van der Waals surface area contributed by atoms with Crippen molar-refractivity contribution in [3.8, 4) is 28.5 Å². The SMILES string of the molecule is Cc1ccc(-c2cccc(-c3nccc(C)n3)n2)c(OCC(F)(F)F)c1. The van der Waals surface area contributed by atoms with Gasteiger partial charge in [-0.15, -0.1) is 0 Å². The molecule has 0 amide bonds. The molecule has 134 valence electrons. The fourth-order valence-corrected chi connectivity index (χ4v) is 2.40. The van der Waals surface area contributed by atoms with Crippen molar-refractivity contribution in [2.24, 2.45) is 0 Å². The Balaban J connectivity index is 2.00. The summed E-state index contributed by atoms with van der Waals surface area (Å²) < 4.78 is 42.6. The Morgan fingerprint density at radius 2 is 1.73 bits per heavy atom. The normalized spacial score (nSPS) is 11.4. The molecule has 0 N–H and O–H groups in total. The highest BCUT2D eigenvalue weighted by Gasteiger charge is 2.29. The summed E-state index contributed by atoms with van der Waals surface area (Å²) in [4.78, 5) is 13.0. The third kappa shape index (κ3) is 4.36. The van der Waals surface area contributed by atoms with Gasteiger partial charge in [0.25, 0.3) is 0 Å². The molecule has 0 unspecified atom stereocenters. The third-order valence-electron chi connectivity index (χ3n) is 3.58. The maximum absolute atomic E-state index is 12.5. The fourth-order valence-electron chi connectivity index (χ4n) is 2.40. The molecule has 1 aromatic carbocycles. The number of nitrogens with zero attached hydrogens (tertiary/aromatic N) is 3. The number of hydrogen-bond acceptors (Lipinski definition) is 4. The third-order valence-corrected chi connectivity index (χ3v) is 3.58. The van der Waals surface area contributed by atoms with Crippen molar-refractivity contribution in [1.82, 2.24) is 15.0 Å². The second kappa shape index (κ2) is 7.11. The molecule has 3 aromatic rings. The number of hydrogen-bond donors (Lipinski definition) is 0. The minimum atomic E-state index is -4.41. The van der Waals surface area contributed by atoms with E-state index in [1.165, 1.54) is 0 Å². The van der Waals surface area contributed by atoms with Crippen LogP contribution in [-0.4, -0.2) is 27.7 Å². The molecule has 7 heteroatoms. The summed E-state index contributed by atoms with van der Waals surface area (Å²) in [5, 5.41) is 0. The van der Waals surface area contributed by atoms with Crippen LogP contribution in [0.4, 0.5) is 13.2 Å². The molecule has 3 rings (SSSR count). The lowest BCUT2D eigenvalue weighted by atomic mass is 10.1. The van der Waals surface area contributed by atoms with Crippen LogP contribution in [0.3, 0.4) is 0 Å². The summed E-state index contributed by atoms with van der Waals surface area (Å²) in [6, 6.07) is 12.1. The molecule has 0 fully saturated rings. The van der Waals surface area contributed by atoms with E-state index in [0.717, 1.165) is 11.3 Å². The number of aryl methyl sites for hydroxylation is 2. The van der Waals surface area contributed by atoms with Crippen LogP contribution in [0.25, 0.3) is 22.8 Å². The Bertz CT molecular complexity index is 926. The van der Waals surface area contributed by atoms with Crippen molar-refractivity contribution in [3.05, 3.63) is 59.9 Å². The molecule has 0 saturated carbocycles. The molecular weight excluding hydrogens is 343 g/mol. The van der Waals surface area contributed by atoms with Crippen LogP contribution in [0.1, 0.15) is 11.3 Å². The van der Waals surface area contributed by atoms with E-state index in [1.54, 1.807) is 55.6 Å². The lowest BCUT2D eigenvalue weighted by Crippen LogP contribution is -2.19. The van der Waals surface area contributed by atoms with Gasteiger partial charge in [-0.2, -0.15) is 13.2 Å². The van der Waals surface area contributed by atoms with Gasteiger partial charge in [-0.3, -0.25) is 0 Å². The molecule has 4 nitrogen and oxygen atoms in total. The van der Waals surface area contributed by atoms with Gasteiger partial charge in [0.1, 0.15) is 11.4 Å². The van der Waals surface area contributed by atoms with E-state index in [4.69, 9.17) is 4.74 Å². The van der Waals surface area contributed by atoms with Crippen LogP contribution >= 0.6 is 0 Å². The predicted octanol–water partition coefficient (Wildman–Crippen LogP) is 4.76. The van der Waals surface area contributed by atoms with Crippen molar-refractivity contribution in [3.63, 3.8) is 0 Å². The maximum Gasteiger partial charge on any atom is 0.422 e. The smallest absolute Gasteiger partial charge is 0.422 e. The highest BCUT2D eigenvalue weighted by molar-refractivity contribution is 5.69. The van der Waals surface area contributed by atoms with Crippen molar-refractivity contribution >= 4 is 0 Å². The lowest BCUT2D eigenvalue weighted by molar-refractivity contribution is -0.153. The first kappa shape index (κ1) is 17.8. The van der Waals surface area contributed by atoms with Gasteiger partial charge in [0, 0.05) is 17.5 Å². The van der Waals surface area contributed by atoms with E-state index in [-0.39, 0.29) is 5.75 Å². The van der Waals surface area contributed by atoms with Crippen LogP contribution in [-0.2, 0) is 0 Å². The predicted molar refractivity (Wildman–Crippen MR) is 91.7 cm³/mol. The van der Waals surface area contributed by atoms with Gasteiger partial charge in [0.15, 0.2) is 12.4 Å². The van der Waals surface area contributed by atoms with Crippen LogP contribution in [0.5, 0.6) is 5.75 Å². The summed E-state index contributed by atoms with van der Waals surface area (Å²) >= 11 is 0. The number of ether oxygens (including phenoxy) is 1. The topological polar surface area (TPSA) is 47.9 Å². The zero-order chi connectivity index (χ0) is 18.7. The number of alkyl halides is 3. The van der Waals surface area contributed by atoms with E-state index >= 15 is 0 Å². The molecular formula is C19H16F3N3O. The number of rotatable bonds is 4. The molecule has 2 heterocycles. The van der Waals surface area contributed by atoms with Crippen molar-refractivity contribution < 1.29 is 17.9 Å². The maximum atomic E-state index is 12.5. The van der Waals surface area contributed by atoms with Gasteiger partial charge in [0.2, 0.25) is 0 Å². The Morgan fingerprint density at radius 3 is 2.46 bits per heavy atom.